The molecule has 7 heteroatoms. The van der Waals surface area contributed by atoms with Crippen molar-refractivity contribution < 1.29 is 13.2 Å². The summed E-state index contributed by atoms with van der Waals surface area (Å²) >= 11 is 3.32. The molecule has 0 aliphatic heterocycles. The van der Waals surface area contributed by atoms with Gasteiger partial charge in [-0.1, -0.05) is 12.1 Å². The maximum atomic E-state index is 13.4. The molecule has 2 N–H and O–H groups in total. The Morgan fingerprint density at radius 3 is 2.07 bits per heavy atom. The van der Waals surface area contributed by atoms with Crippen LogP contribution < -0.4 is 10.0 Å². The van der Waals surface area contributed by atoms with E-state index in [0.29, 0.717) is 17.3 Å². The first kappa shape index (κ1) is 19.1. The highest BCUT2D eigenvalue weighted by atomic mass is 79.9. The van der Waals surface area contributed by atoms with E-state index in [1.807, 2.05) is 0 Å². The van der Waals surface area contributed by atoms with Crippen molar-refractivity contribution in [3.05, 3.63) is 28.7 Å². The van der Waals surface area contributed by atoms with Crippen LogP contribution in [0.15, 0.2) is 33.6 Å². The number of hydrogen-bond acceptors (Lipinski definition) is 3. The van der Waals surface area contributed by atoms with Gasteiger partial charge in [-0.05, 0) is 104 Å². The monoisotopic (exact) mass is 466 g/mol. The van der Waals surface area contributed by atoms with Gasteiger partial charge in [0.2, 0.25) is 15.9 Å². The summed E-state index contributed by atoms with van der Waals surface area (Å²) in [6.07, 6.45) is 9.14. The largest absolute Gasteiger partial charge is 0.349 e. The molecule has 5 aliphatic rings. The minimum atomic E-state index is -3.78. The van der Waals surface area contributed by atoms with E-state index in [0.717, 1.165) is 43.4 Å². The standard InChI is InChI=1S/C21H27BrN2O3S/c22-17-4-1-2-5-18(17)28(26,27)24-21(6-3-7-21)19(25)23-20-11-14-8-15(12-20)10-16(9-14)13-20/h1-2,4-5,14-16,24H,3,6-13H2,(H,23,25). The van der Waals surface area contributed by atoms with Crippen LogP contribution in [0.4, 0.5) is 0 Å². The fraction of sp³-hybridized carbons (Fsp3) is 0.667. The van der Waals surface area contributed by atoms with Gasteiger partial charge in [0.05, 0.1) is 4.90 Å². The molecule has 0 atom stereocenters. The maximum absolute atomic E-state index is 13.4. The van der Waals surface area contributed by atoms with E-state index in [9.17, 15) is 13.2 Å². The quantitative estimate of drug-likeness (QED) is 0.693. The van der Waals surface area contributed by atoms with Crippen molar-refractivity contribution >= 4 is 31.9 Å². The van der Waals surface area contributed by atoms with E-state index in [1.54, 1.807) is 24.3 Å². The molecule has 28 heavy (non-hydrogen) atoms. The molecule has 0 heterocycles. The van der Waals surface area contributed by atoms with Crippen LogP contribution in [-0.2, 0) is 14.8 Å². The lowest BCUT2D eigenvalue weighted by Gasteiger charge is -2.57. The summed E-state index contributed by atoms with van der Waals surface area (Å²) in [6.45, 7) is 0. The van der Waals surface area contributed by atoms with E-state index in [4.69, 9.17) is 0 Å². The van der Waals surface area contributed by atoms with Crippen LogP contribution in [0.25, 0.3) is 0 Å². The van der Waals surface area contributed by atoms with Gasteiger partial charge in [0, 0.05) is 10.0 Å². The minimum absolute atomic E-state index is 0.104. The third-order valence-electron chi connectivity index (χ3n) is 7.51. The van der Waals surface area contributed by atoms with Crippen molar-refractivity contribution in [2.45, 2.75) is 73.8 Å². The molecule has 0 saturated heterocycles. The first-order valence-corrected chi connectivity index (χ1v) is 12.7. The van der Waals surface area contributed by atoms with E-state index in [2.05, 4.69) is 26.0 Å². The van der Waals surface area contributed by atoms with Crippen LogP contribution in [0.5, 0.6) is 0 Å². The summed E-state index contributed by atoms with van der Waals surface area (Å²) in [4.78, 5) is 13.6. The smallest absolute Gasteiger partial charge is 0.242 e. The SMILES string of the molecule is O=C(NC12CC3CC(CC(C3)C1)C2)C1(NS(=O)(=O)c2ccccc2Br)CCC1. The van der Waals surface area contributed by atoms with E-state index >= 15 is 0 Å². The van der Waals surface area contributed by atoms with Crippen LogP contribution in [0.2, 0.25) is 0 Å². The number of carbonyl (C=O) groups is 1. The third-order valence-corrected chi connectivity index (χ3v) is 10.1. The number of halogens is 1. The lowest BCUT2D eigenvalue weighted by molar-refractivity contribution is -0.136. The zero-order chi connectivity index (χ0) is 19.6. The van der Waals surface area contributed by atoms with Crippen molar-refractivity contribution in [3.8, 4) is 0 Å². The summed E-state index contributed by atoms with van der Waals surface area (Å²) in [5.74, 6) is 2.10. The molecule has 6 rings (SSSR count). The Morgan fingerprint density at radius 2 is 1.57 bits per heavy atom. The molecule has 152 valence electrons. The summed E-state index contributed by atoms with van der Waals surface area (Å²) in [5, 5.41) is 3.38. The van der Waals surface area contributed by atoms with Gasteiger partial charge >= 0.3 is 0 Å². The Balaban J connectivity index is 1.37. The number of amides is 1. The van der Waals surface area contributed by atoms with E-state index < -0.39 is 15.6 Å². The summed E-state index contributed by atoms with van der Waals surface area (Å²) < 4.78 is 29.3. The highest BCUT2D eigenvalue weighted by molar-refractivity contribution is 9.10. The van der Waals surface area contributed by atoms with Gasteiger partial charge in [0.15, 0.2) is 0 Å². The topological polar surface area (TPSA) is 75.3 Å². The zero-order valence-corrected chi connectivity index (χ0v) is 18.3. The second-order valence-corrected chi connectivity index (χ2v) is 12.1. The number of sulfonamides is 1. The first-order chi connectivity index (χ1) is 13.3. The Hall–Kier alpha value is -0.920. The third kappa shape index (κ3) is 3.14. The van der Waals surface area contributed by atoms with Crippen LogP contribution in [0.1, 0.15) is 57.8 Å². The van der Waals surface area contributed by atoms with Gasteiger partial charge in [0.25, 0.3) is 0 Å². The summed E-state index contributed by atoms with van der Waals surface area (Å²) in [7, 11) is -3.78. The Labute approximate surface area is 175 Å². The Kier molecular flexibility index (Phi) is 4.45. The van der Waals surface area contributed by atoms with Crippen molar-refractivity contribution in [2.24, 2.45) is 17.8 Å². The van der Waals surface area contributed by atoms with Crippen LogP contribution in [-0.4, -0.2) is 25.4 Å². The molecule has 0 spiro atoms. The fourth-order valence-corrected chi connectivity index (χ4v) is 8.93. The van der Waals surface area contributed by atoms with Gasteiger partial charge in [-0.2, -0.15) is 4.72 Å². The second kappa shape index (κ2) is 6.54. The predicted molar refractivity (Wildman–Crippen MR) is 110 cm³/mol. The lowest BCUT2D eigenvalue weighted by Crippen LogP contribution is -2.68. The molecule has 1 aromatic rings. The average molecular weight is 467 g/mol. The molecule has 0 unspecified atom stereocenters. The van der Waals surface area contributed by atoms with E-state index in [1.165, 1.54) is 19.3 Å². The molecule has 5 fully saturated rings. The van der Waals surface area contributed by atoms with Crippen LogP contribution in [0.3, 0.4) is 0 Å². The van der Waals surface area contributed by atoms with Crippen LogP contribution >= 0.6 is 15.9 Å². The molecule has 0 radical (unpaired) electrons. The molecule has 5 nitrogen and oxygen atoms in total. The molecule has 1 aromatic carbocycles. The molecular weight excluding hydrogens is 440 g/mol. The fourth-order valence-electron chi connectivity index (χ4n) is 6.50. The molecule has 1 amide bonds. The molecule has 5 aliphatic carbocycles. The van der Waals surface area contributed by atoms with Crippen molar-refractivity contribution in [2.75, 3.05) is 0 Å². The number of carbonyl (C=O) groups excluding carboxylic acids is 1. The highest BCUT2D eigenvalue weighted by Gasteiger charge is 2.55. The molecule has 0 aromatic heterocycles. The van der Waals surface area contributed by atoms with Crippen molar-refractivity contribution in [3.63, 3.8) is 0 Å². The van der Waals surface area contributed by atoms with Crippen LogP contribution in [0, 0.1) is 17.8 Å². The minimum Gasteiger partial charge on any atom is -0.349 e. The van der Waals surface area contributed by atoms with E-state index in [-0.39, 0.29) is 16.3 Å². The Morgan fingerprint density at radius 1 is 1.00 bits per heavy atom. The molecular formula is C21H27BrN2O3S. The summed E-state index contributed by atoms with van der Waals surface area (Å²) in [6, 6.07) is 6.75. The number of rotatable bonds is 5. The summed E-state index contributed by atoms with van der Waals surface area (Å²) in [5.41, 5.74) is -1.11. The number of nitrogens with one attached hydrogen (secondary N) is 2. The molecule has 5 saturated carbocycles. The normalized spacial score (nSPS) is 35.4. The maximum Gasteiger partial charge on any atom is 0.242 e. The zero-order valence-electron chi connectivity index (χ0n) is 15.9. The average Bonchev–Trinajstić information content (AvgIpc) is 2.56. The molecule has 4 bridgehead atoms. The highest BCUT2D eigenvalue weighted by Crippen LogP contribution is 2.56. The van der Waals surface area contributed by atoms with Crippen molar-refractivity contribution in [1.29, 1.82) is 0 Å². The lowest BCUT2D eigenvalue weighted by atomic mass is 9.53. The van der Waals surface area contributed by atoms with Gasteiger partial charge in [-0.25, -0.2) is 8.42 Å². The second-order valence-electron chi connectivity index (χ2n) is 9.62. The van der Waals surface area contributed by atoms with Gasteiger partial charge in [-0.15, -0.1) is 0 Å². The Bertz CT molecular complexity index is 875. The first-order valence-electron chi connectivity index (χ1n) is 10.4. The number of benzene rings is 1. The number of hydrogen-bond donors (Lipinski definition) is 2. The van der Waals surface area contributed by atoms with Gasteiger partial charge in [-0.3, -0.25) is 4.79 Å². The van der Waals surface area contributed by atoms with Gasteiger partial charge < -0.3 is 5.32 Å². The predicted octanol–water partition coefficient (Wildman–Crippen LogP) is 3.74. The van der Waals surface area contributed by atoms with Crippen molar-refractivity contribution in [1.82, 2.24) is 10.0 Å². The van der Waals surface area contributed by atoms with Gasteiger partial charge in [0.1, 0.15) is 5.54 Å².